The number of carboxylic acids is 2. The minimum Gasteiger partial charge on any atom is -0.481 e. The first-order valence-corrected chi connectivity index (χ1v) is 10.2. The van der Waals surface area contributed by atoms with Crippen molar-refractivity contribution in [2.45, 2.75) is 52.5 Å². The number of aromatic nitrogens is 1. The van der Waals surface area contributed by atoms with E-state index in [4.69, 9.17) is 0 Å². The van der Waals surface area contributed by atoms with Crippen molar-refractivity contribution in [3.8, 4) is 0 Å². The van der Waals surface area contributed by atoms with Crippen molar-refractivity contribution in [1.29, 1.82) is 0 Å². The van der Waals surface area contributed by atoms with Gasteiger partial charge < -0.3 is 15.5 Å². The van der Waals surface area contributed by atoms with Crippen LogP contribution in [0.15, 0.2) is 23.6 Å². The minimum absolute atomic E-state index is 0.0372. The summed E-state index contributed by atoms with van der Waals surface area (Å²) < 4.78 is 0. The number of carboxylic acid groups (broad SMARTS) is 2. The fourth-order valence-corrected chi connectivity index (χ4v) is 4.14. The molecule has 0 saturated heterocycles. The van der Waals surface area contributed by atoms with Gasteiger partial charge in [-0.25, -0.2) is 4.98 Å². The highest BCUT2D eigenvalue weighted by atomic mass is 32.1. The van der Waals surface area contributed by atoms with Gasteiger partial charge in [-0.3, -0.25) is 9.59 Å². The molecule has 28 heavy (non-hydrogen) atoms. The largest absolute Gasteiger partial charge is 0.481 e. The van der Waals surface area contributed by atoms with E-state index in [1.807, 2.05) is 33.1 Å². The number of benzene rings is 1. The molecule has 0 radical (unpaired) electrons. The monoisotopic (exact) mass is 404 g/mol. The van der Waals surface area contributed by atoms with Crippen LogP contribution in [-0.4, -0.2) is 39.7 Å². The summed E-state index contributed by atoms with van der Waals surface area (Å²) >= 11 is 1.31. The molecule has 1 heterocycles. The number of hydrogen-bond donors (Lipinski definition) is 3. The van der Waals surface area contributed by atoms with Crippen molar-refractivity contribution in [1.82, 2.24) is 10.3 Å². The second kappa shape index (κ2) is 9.80. The first-order chi connectivity index (χ1) is 13.2. The van der Waals surface area contributed by atoms with Crippen LogP contribution in [0.5, 0.6) is 0 Å². The zero-order valence-electron chi connectivity index (χ0n) is 16.7. The van der Waals surface area contributed by atoms with E-state index < -0.39 is 23.9 Å². The van der Waals surface area contributed by atoms with Crippen LogP contribution in [0.25, 0.3) is 0 Å². The van der Waals surface area contributed by atoms with E-state index in [2.05, 4.69) is 28.5 Å². The Labute approximate surface area is 169 Å². The topological polar surface area (TPSA) is 99.5 Å². The number of nitrogens with one attached hydrogen (secondary N) is 1. The van der Waals surface area contributed by atoms with Crippen LogP contribution in [0, 0.1) is 19.8 Å². The van der Waals surface area contributed by atoms with Crippen molar-refractivity contribution in [2.24, 2.45) is 5.92 Å². The molecule has 152 valence electrons. The van der Waals surface area contributed by atoms with E-state index in [0.717, 1.165) is 11.3 Å². The number of thiazole rings is 1. The fourth-order valence-electron chi connectivity index (χ4n) is 3.23. The number of carbonyl (C=O) groups is 2. The van der Waals surface area contributed by atoms with Crippen LogP contribution in [0.1, 0.15) is 53.6 Å². The van der Waals surface area contributed by atoms with Gasteiger partial charge in [-0.2, -0.15) is 0 Å². The normalized spacial score (nSPS) is 13.5. The minimum atomic E-state index is -1.01. The van der Waals surface area contributed by atoms with Crippen LogP contribution in [-0.2, 0) is 16.0 Å². The first kappa shape index (κ1) is 22.0. The van der Waals surface area contributed by atoms with E-state index in [9.17, 15) is 19.8 Å². The number of hydrogen-bond acceptors (Lipinski definition) is 5. The van der Waals surface area contributed by atoms with Gasteiger partial charge in [0.25, 0.3) is 0 Å². The van der Waals surface area contributed by atoms with E-state index in [1.165, 1.54) is 22.5 Å². The average molecular weight is 405 g/mol. The Morgan fingerprint density at radius 2 is 1.75 bits per heavy atom. The second-order valence-electron chi connectivity index (χ2n) is 7.67. The average Bonchev–Trinajstić information content (AvgIpc) is 3.00. The molecule has 0 aliphatic carbocycles. The van der Waals surface area contributed by atoms with Gasteiger partial charge in [-0.1, -0.05) is 43.2 Å². The predicted octanol–water partition coefficient (Wildman–Crippen LogP) is 3.61. The maximum absolute atomic E-state index is 11.7. The molecule has 2 aromatic rings. The zero-order chi connectivity index (χ0) is 20.8. The van der Waals surface area contributed by atoms with Crippen molar-refractivity contribution >= 4 is 23.3 Å². The van der Waals surface area contributed by atoms with Gasteiger partial charge in [0.1, 0.15) is 17.0 Å². The third-order valence-electron chi connectivity index (χ3n) is 4.41. The maximum atomic E-state index is 11.7. The van der Waals surface area contributed by atoms with Crippen molar-refractivity contribution in [2.75, 3.05) is 6.54 Å². The lowest BCUT2D eigenvalue weighted by molar-refractivity contribution is -0.142. The van der Waals surface area contributed by atoms with Gasteiger partial charge >= 0.3 is 11.9 Å². The summed E-state index contributed by atoms with van der Waals surface area (Å²) in [5, 5.41) is 24.2. The maximum Gasteiger partial charge on any atom is 0.320 e. The Bertz CT molecular complexity index is 811. The Hall–Kier alpha value is -2.25. The molecule has 6 nitrogen and oxygen atoms in total. The predicted molar refractivity (Wildman–Crippen MR) is 110 cm³/mol. The molecule has 0 saturated carbocycles. The van der Waals surface area contributed by atoms with Crippen molar-refractivity contribution < 1.29 is 19.8 Å². The molecule has 0 aliphatic rings. The van der Waals surface area contributed by atoms with E-state index in [1.54, 1.807) is 0 Å². The summed E-state index contributed by atoms with van der Waals surface area (Å²) in [5.74, 6) is -2.64. The fraction of sp³-hybridized carbons (Fsp3) is 0.476. The first-order valence-electron chi connectivity index (χ1n) is 9.36. The van der Waals surface area contributed by atoms with E-state index in [0.29, 0.717) is 17.8 Å². The third kappa shape index (κ3) is 6.42. The van der Waals surface area contributed by atoms with Crippen LogP contribution < -0.4 is 5.32 Å². The summed E-state index contributed by atoms with van der Waals surface area (Å²) in [6.45, 7) is 8.00. The molecular weight excluding hydrogens is 376 g/mol. The summed E-state index contributed by atoms with van der Waals surface area (Å²) in [4.78, 5) is 27.7. The molecule has 2 unspecified atom stereocenters. The molecule has 7 heteroatoms. The Kier molecular flexibility index (Phi) is 7.71. The summed E-state index contributed by atoms with van der Waals surface area (Å²) in [6.07, 6.45) is 1.08. The van der Waals surface area contributed by atoms with Gasteiger partial charge in [0.05, 0.1) is 5.69 Å². The summed E-state index contributed by atoms with van der Waals surface area (Å²) in [7, 11) is 0. The highest BCUT2D eigenvalue weighted by Gasteiger charge is 2.26. The number of rotatable bonds is 10. The molecule has 0 bridgehead atoms. The Morgan fingerprint density at radius 3 is 2.29 bits per heavy atom. The molecular formula is C21H28N2O4S. The van der Waals surface area contributed by atoms with Crippen LogP contribution in [0.2, 0.25) is 0 Å². The molecule has 2 rings (SSSR count). The van der Waals surface area contributed by atoms with Gasteiger partial charge in [0.2, 0.25) is 0 Å². The smallest absolute Gasteiger partial charge is 0.320 e. The summed E-state index contributed by atoms with van der Waals surface area (Å²) in [5.41, 5.74) is 4.33. The van der Waals surface area contributed by atoms with Gasteiger partial charge in [0.15, 0.2) is 0 Å². The lowest BCUT2D eigenvalue weighted by atomic mass is 10.0. The molecule has 1 aromatic heterocycles. The van der Waals surface area contributed by atoms with Gasteiger partial charge in [0, 0.05) is 18.3 Å². The molecule has 2 atom stereocenters. The van der Waals surface area contributed by atoms with E-state index in [-0.39, 0.29) is 12.5 Å². The highest BCUT2D eigenvalue weighted by Crippen LogP contribution is 2.23. The number of nitrogens with zero attached hydrogens (tertiary/aromatic N) is 1. The van der Waals surface area contributed by atoms with Gasteiger partial charge in [-0.15, -0.1) is 11.3 Å². The van der Waals surface area contributed by atoms with Crippen LogP contribution in [0.4, 0.5) is 0 Å². The quantitative estimate of drug-likeness (QED) is 0.559. The Balaban J connectivity index is 2.10. The number of aliphatic carboxylic acids is 2. The molecule has 3 N–H and O–H groups in total. The van der Waals surface area contributed by atoms with Gasteiger partial charge in [-0.05, 0) is 31.7 Å². The highest BCUT2D eigenvalue weighted by molar-refractivity contribution is 7.09. The van der Waals surface area contributed by atoms with Crippen molar-refractivity contribution in [3.05, 3.63) is 51.0 Å². The van der Waals surface area contributed by atoms with Crippen LogP contribution in [0.3, 0.4) is 0 Å². The second-order valence-corrected chi connectivity index (χ2v) is 8.56. The standard InChI is InChI=1S/C21H28N2O4S/c1-12(2)5-18(21(26)27)22-10-17(20(24)25)19-23-16(11-28-19)9-15-7-13(3)6-14(4)8-15/h6-8,11-12,17-18,22H,5,9-10H2,1-4H3,(H,24,25)(H,26,27). The SMILES string of the molecule is Cc1cc(C)cc(Cc2csc(C(CNC(CC(C)C)C(=O)O)C(=O)O)n2)c1. The third-order valence-corrected chi connectivity index (χ3v) is 5.41. The zero-order valence-corrected chi connectivity index (χ0v) is 17.5. The molecule has 0 spiro atoms. The molecule has 0 amide bonds. The van der Waals surface area contributed by atoms with E-state index >= 15 is 0 Å². The molecule has 0 fully saturated rings. The molecule has 0 aliphatic heterocycles. The lowest BCUT2D eigenvalue weighted by Gasteiger charge is -2.18. The van der Waals surface area contributed by atoms with Crippen LogP contribution >= 0.6 is 11.3 Å². The Morgan fingerprint density at radius 1 is 1.11 bits per heavy atom. The number of aryl methyl sites for hydroxylation is 2. The summed E-state index contributed by atoms with van der Waals surface area (Å²) in [6, 6.07) is 5.55. The molecule has 1 aromatic carbocycles. The van der Waals surface area contributed by atoms with Crippen molar-refractivity contribution in [3.63, 3.8) is 0 Å². The lowest BCUT2D eigenvalue weighted by Crippen LogP contribution is -2.41.